The van der Waals surface area contributed by atoms with Crippen LogP contribution in [0.3, 0.4) is 0 Å². The molecule has 1 aliphatic rings. The lowest BCUT2D eigenvalue weighted by Gasteiger charge is -2.16. The van der Waals surface area contributed by atoms with Crippen LogP contribution in [0, 0.1) is 5.92 Å². The highest BCUT2D eigenvalue weighted by molar-refractivity contribution is 6.18. The van der Waals surface area contributed by atoms with Crippen LogP contribution in [0.4, 0.5) is 0 Å². The van der Waals surface area contributed by atoms with Gasteiger partial charge in [-0.15, -0.1) is 11.6 Å². The summed E-state index contributed by atoms with van der Waals surface area (Å²) in [5.74, 6) is 2.58. The number of carbonyl (C=O) groups excluding carboxylic acids is 1. The number of hydrogen-bond acceptors (Lipinski definition) is 3. The van der Waals surface area contributed by atoms with Gasteiger partial charge in [-0.1, -0.05) is 0 Å². The number of likely N-dealkylation sites (tertiary alicyclic amines) is 1. The molecule has 1 aromatic carbocycles. The van der Waals surface area contributed by atoms with Crippen LogP contribution in [0.1, 0.15) is 6.42 Å². The van der Waals surface area contributed by atoms with E-state index in [1.165, 1.54) is 0 Å². The minimum Gasteiger partial charge on any atom is -0.497 e. The molecule has 1 aliphatic heterocycles. The second-order valence-electron chi connectivity index (χ2n) is 4.59. The minimum atomic E-state index is 0.170. The van der Waals surface area contributed by atoms with Crippen LogP contribution < -0.4 is 9.47 Å². The van der Waals surface area contributed by atoms with E-state index in [9.17, 15) is 4.79 Å². The van der Waals surface area contributed by atoms with Crippen LogP contribution in [0.15, 0.2) is 24.3 Å². The third kappa shape index (κ3) is 3.77. The maximum Gasteiger partial charge on any atom is 0.223 e. The van der Waals surface area contributed by atoms with Crippen molar-refractivity contribution in [3.05, 3.63) is 24.3 Å². The van der Waals surface area contributed by atoms with Gasteiger partial charge in [0.25, 0.3) is 0 Å². The molecule has 0 radical (unpaired) electrons. The number of alkyl halides is 1. The molecule has 1 unspecified atom stereocenters. The zero-order chi connectivity index (χ0) is 13.7. The Morgan fingerprint density at radius 3 is 2.58 bits per heavy atom. The number of rotatable bonds is 6. The molecule has 0 bridgehead atoms. The summed E-state index contributed by atoms with van der Waals surface area (Å²) in [6.07, 6.45) is 0.562. The van der Waals surface area contributed by atoms with Crippen molar-refractivity contribution in [2.75, 3.05) is 32.7 Å². The lowest BCUT2D eigenvalue weighted by molar-refractivity contribution is -0.128. The van der Waals surface area contributed by atoms with Crippen molar-refractivity contribution in [3.8, 4) is 11.5 Å². The van der Waals surface area contributed by atoms with Crippen molar-refractivity contribution in [1.29, 1.82) is 0 Å². The molecule has 1 atom stereocenters. The predicted molar refractivity (Wildman–Crippen MR) is 73.9 cm³/mol. The Hall–Kier alpha value is -1.42. The fourth-order valence-electron chi connectivity index (χ4n) is 2.12. The van der Waals surface area contributed by atoms with Gasteiger partial charge in [0.1, 0.15) is 18.1 Å². The summed E-state index contributed by atoms with van der Waals surface area (Å²) >= 11 is 5.77. The largest absolute Gasteiger partial charge is 0.497 e. The number of amides is 1. The third-order valence-corrected chi connectivity index (χ3v) is 3.64. The van der Waals surface area contributed by atoms with Crippen LogP contribution in [0.2, 0.25) is 0 Å². The molecule has 1 fully saturated rings. The maximum absolute atomic E-state index is 11.7. The van der Waals surface area contributed by atoms with Crippen LogP contribution >= 0.6 is 11.6 Å². The van der Waals surface area contributed by atoms with Gasteiger partial charge in [-0.05, 0) is 30.2 Å². The molecule has 104 valence electrons. The molecular formula is C14H18ClNO3. The Bertz CT molecular complexity index is 421. The maximum atomic E-state index is 11.7. The average Bonchev–Trinajstić information content (AvgIpc) is 2.80. The van der Waals surface area contributed by atoms with Gasteiger partial charge in [0.2, 0.25) is 5.91 Å². The van der Waals surface area contributed by atoms with E-state index >= 15 is 0 Å². The van der Waals surface area contributed by atoms with E-state index in [0.29, 0.717) is 25.5 Å². The number of halogens is 1. The van der Waals surface area contributed by atoms with Gasteiger partial charge < -0.3 is 14.4 Å². The Morgan fingerprint density at radius 2 is 2.00 bits per heavy atom. The zero-order valence-corrected chi connectivity index (χ0v) is 11.7. The van der Waals surface area contributed by atoms with Crippen molar-refractivity contribution in [2.24, 2.45) is 5.92 Å². The highest BCUT2D eigenvalue weighted by Gasteiger charge is 2.28. The van der Waals surface area contributed by atoms with E-state index in [1.807, 2.05) is 29.2 Å². The molecule has 1 heterocycles. The number of carbonyl (C=O) groups is 1. The Kier molecular flexibility index (Phi) is 4.91. The van der Waals surface area contributed by atoms with Crippen LogP contribution in [-0.4, -0.2) is 43.5 Å². The van der Waals surface area contributed by atoms with E-state index in [-0.39, 0.29) is 11.8 Å². The van der Waals surface area contributed by atoms with E-state index in [0.717, 1.165) is 18.0 Å². The van der Waals surface area contributed by atoms with Crippen LogP contribution in [0.5, 0.6) is 11.5 Å². The first-order chi connectivity index (χ1) is 9.22. The van der Waals surface area contributed by atoms with Crippen molar-refractivity contribution < 1.29 is 14.3 Å². The molecule has 0 saturated carbocycles. The predicted octanol–water partition coefficient (Wildman–Crippen LogP) is 2.16. The molecular weight excluding hydrogens is 266 g/mol. The van der Waals surface area contributed by atoms with E-state index in [2.05, 4.69) is 0 Å². The molecule has 4 nitrogen and oxygen atoms in total. The molecule has 0 N–H and O–H groups in total. The highest BCUT2D eigenvalue weighted by Crippen LogP contribution is 2.19. The smallest absolute Gasteiger partial charge is 0.223 e. The molecule has 2 rings (SSSR count). The fraction of sp³-hybridized carbons (Fsp3) is 0.500. The van der Waals surface area contributed by atoms with Crippen molar-refractivity contribution in [3.63, 3.8) is 0 Å². The van der Waals surface area contributed by atoms with Gasteiger partial charge in [0.15, 0.2) is 0 Å². The SMILES string of the molecule is COc1ccc(OCCN2CC(CCl)CC2=O)cc1. The number of hydrogen-bond donors (Lipinski definition) is 0. The minimum absolute atomic E-state index is 0.170. The molecule has 1 amide bonds. The Balaban J connectivity index is 1.75. The lowest BCUT2D eigenvalue weighted by Crippen LogP contribution is -2.30. The van der Waals surface area contributed by atoms with Gasteiger partial charge >= 0.3 is 0 Å². The topological polar surface area (TPSA) is 38.8 Å². The molecule has 5 heteroatoms. The summed E-state index contributed by atoms with van der Waals surface area (Å²) in [5.41, 5.74) is 0. The fourth-order valence-corrected chi connectivity index (χ4v) is 2.33. The summed E-state index contributed by atoms with van der Waals surface area (Å²) in [6, 6.07) is 7.40. The zero-order valence-electron chi connectivity index (χ0n) is 11.0. The van der Waals surface area contributed by atoms with Gasteiger partial charge in [-0.3, -0.25) is 4.79 Å². The standard InChI is InChI=1S/C14H18ClNO3/c1-18-12-2-4-13(5-3-12)19-7-6-16-10-11(9-15)8-14(16)17/h2-5,11H,6-10H2,1H3. The molecule has 0 aromatic heterocycles. The second kappa shape index (κ2) is 6.66. The van der Waals surface area contributed by atoms with E-state index in [1.54, 1.807) is 7.11 Å². The quantitative estimate of drug-likeness (QED) is 0.751. The lowest BCUT2D eigenvalue weighted by atomic mass is 10.2. The number of benzene rings is 1. The van der Waals surface area contributed by atoms with E-state index in [4.69, 9.17) is 21.1 Å². The summed E-state index contributed by atoms with van der Waals surface area (Å²) in [5, 5.41) is 0. The first kappa shape index (κ1) is 14.0. The summed E-state index contributed by atoms with van der Waals surface area (Å²) in [7, 11) is 1.63. The van der Waals surface area contributed by atoms with Gasteiger partial charge in [0, 0.05) is 18.8 Å². The molecule has 0 aliphatic carbocycles. The monoisotopic (exact) mass is 283 g/mol. The molecule has 0 spiro atoms. The van der Waals surface area contributed by atoms with Crippen molar-refractivity contribution in [1.82, 2.24) is 4.90 Å². The Morgan fingerprint density at radius 1 is 1.32 bits per heavy atom. The average molecular weight is 284 g/mol. The van der Waals surface area contributed by atoms with E-state index < -0.39 is 0 Å². The first-order valence-corrected chi connectivity index (χ1v) is 6.87. The second-order valence-corrected chi connectivity index (χ2v) is 4.90. The first-order valence-electron chi connectivity index (χ1n) is 6.33. The number of ether oxygens (including phenoxy) is 2. The van der Waals surface area contributed by atoms with Gasteiger partial charge in [-0.25, -0.2) is 0 Å². The highest BCUT2D eigenvalue weighted by atomic mass is 35.5. The normalized spacial score (nSPS) is 18.7. The molecule has 1 aromatic rings. The number of methoxy groups -OCH3 is 1. The Labute approximate surface area is 118 Å². The van der Waals surface area contributed by atoms with Gasteiger partial charge in [0.05, 0.1) is 13.7 Å². The summed E-state index contributed by atoms with van der Waals surface area (Å²) in [6.45, 7) is 1.85. The van der Waals surface area contributed by atoms with Crippen LogP contribution in [-0.2, 0) is 4.79 Å². The van der Waals surface area contributed by atoms with Gasteiger partial charge in [-0.2, -0.15) is 0 Å². The third-order valence-electron chi connectivity index (χ3n) is 3.20. The van der Waals surface area contributed by atoms with Crippen molar-refractivity contribution >= 4 is 17.5 Å². The summed E-state index contributed by atoms with van der Waals surface area (Å²) in [4.78, 5) is 13.5. The number of nitrogens with zero attached hydrogens (tertiary/aromatic N) is 1. The van der Waals surface area contributed by atoms with Crippen molar-refractivity contribution in [2.45, 2.75) is 6.42 Å². The van der Waals surface area contributed by atoms with Crippen LogP contribution in [0.25, 0.3) is 0 Å². The summed E-state index contributed by atoms with van der Waals surface area (Å²) < 4.78 is 10.7. The molecule has 1 saturated heterocycles. The molecule has 19 heavy (non-hydrogen) atoms.